The van der Waals surface area contributed by atoms with E-state index in [1.807, 2.05) is 49.4 Å². The van der Waals surface area contributed by atoms with E-state index in [0.29, 0.717) is 5.75 Å². The summed E-state index contributed by atoms with van der Waals surface area (Å²) in [6.45, 7) is 5.87. The summed E-state index contributed by atoms with van der Waals surface area (Å²) in [5.41, 5.74) is 4.16. The van der Waals surface area contributed by atoms with Crippen LogP contribution >= 0.6 is 0 Å². The number of carbonyl (C=O) groups is 2. The number of hydrogen-bond donors (Lipinski definition) is 2. The van der Waals surface area contributed by atoms with Crippen LogP contribution in [0.15, 0.2) is 42.5 Å². The molecule has 5 nitrogen and oxygen atoms in total. The first-order chi connectivity index (χ1) is 12.5. The molecule has 0 saturated heterocycles. The third kappa shape index (κ3) is 5.62. The zero-order valence-corrected chi connectivity index (χ0v) is 15.6. The molecule has 0 unspecified atom stereocenters. The number of anilines is 1. The van der Waals surface area contributed by atoms with E-state index in [1.165, 1.54) is 0 Å². The van der Waals surface area contributed by atoms with Crippen LogP contribution in [0.1, 0.15) is 30.5 Å². The number of amides is 2. The Bertz CT molecular complexity index is 732. The molecular formula is C21H26N2O3. The average Bonchev–Trinajstić information content (AvgIpc) is 2.66. The SMILES string of the molecule is CCc1cccc(CC)c1NC(=O)CNC(=O)COc1ccc(C)cc1. The van der Waals surface area contributed by atoms with Crippen molar-refractivity contribution in [2.75, 3.05) is 18.5 Å². The zero-order chi connectivity index (χ0) is 18.9. The number of para-hydroxylation sites is 1. The third-order valence-electron chi connectivity index (χ3n) is 4.10. The summed E-state index contributed by atoms with van der Waals surface area (Å²) >= 11 is 0. The largest absolute Gasteiger partial charge is 0.484 e. The fraction of sp³-hybridized carbons (Fsp3) is 0.333. The van der Waals surface area contributed by atoms with Gasteiger partial charge in [-0.15, -0.1) is 0 Å². The van der Waals surface area contributed by atoms with E-state index in [2.05, 4.69) is 24.5 Å². The van der Waals surface area contributed by atoms with Crippen LogP contribution in [0.4, 0.5) is 5.69 Å². The number of ether oxygens (including phenoxy) is 1. The van der Waals surface area contributed by atoms with Gasteiger partial charge in [0.25, 0.3) is 5.91 Å². The van der Waals surface area contributed by atoms with Gasteiger partial charge in [0, 0.05) is 5.69 Å². The molecule has 2 N–H and O–H groups in total. The maximum atomic E-state index is 12.2. The third-order valence-corrected chi connectivity index (χ3v) is 4.10. The van der Waals surface area contributed by atoms with Gasteiger partial charge in [0.05, 0.1) is 6.54 Å². The minimum absolute atomic E-state index is 0.0860. The molecule has 0 saturated carbocycles. The quantitative estimate of drug-likeness (QED) is 0.765. The first-order valence-corrected chi connectivity index (χ1v) is 8.90. The van der Waals surface area contributed by atoms with Gasteiger partial charge in [-0.1, -0.05) is 49.7 Å². The van der Waals surface area contributed by atoms with Crippen molar-refractivity contribution in [3.8, 4) is 5.75 Å². The predicted octanol–water partition coefficient (Wildman–Crippen LogP) is 3.25. The second-order valence-electron chi connectivity index (χ2n) is 6.09. The fourth-order valence-corrected chi connectivity index (χ4v) is 2.60. The lowest BCUT2D eigenvalue weighted by Crippen LogP contribution is -2.36. The molecule has 0 fully saturated rings. The summed E-state index contributed by atoms with van der Waals surface area (Å²) < 4.78 is 5.40. The Hall–Kier alpha value is -2.82. The van der Waals surface area contributed by atoms with Crippen LogP contribution in [0.25, 0.3) is 0 Å². The van der Waals surface area contributed by atoms with Crippen molar-refractivity contribution in [1.82, 2.24) is 5.32 Å². The molecule has 0 aliphatic carbocycles. The number of rotatable bonds is 8. The van der Waals surface area contributed by atoms with Gasteiger partial charge in [-0.25, -0.2) is 0 Å². The maximum Gasteiger partial charge on any atom is 0.258 e. The van der Waals surface area contributed by atoms with Crippen molar-refractivity contribution < 1.29 is 14.3 Å². The molecule has 0 atom stereocenters. The van der Waals surface area contributed by atoms with Crippen LogP contribution in [0, 0.1) is 6.92 Å². The number of benzene rings is 2. The van der Waals surface area contributed by atoms with Crippen LogP contribution in [0.5, 0.6) is 5.75 Å². The fourth-order valence-electron chi connectivity index (χ4n) is 2.60. The lowest BCUT2D eigenvalue weighted by Gasteiger charge is -2.14. The van der Waals surface area contributed by atoms with Crippen molar-refractivity contribution in [2.45, 2.75) is 33.6 Å². The van der Waals surface area contributed by atoms with Crippen molar-refractivity contribution in [2.24, 2.45) is 0 Å². The van der Waals surface area contributed by atoms with Crippen LogP contribution in [0.3, 0.4) is 0 Å². The Kier molecular flexibility index (Phi) is 7.21. The highest BCUT2D eigenvalue weighted by Gasteiger charge is 2.11. The van der Waals surface area contributed by atoms with Crippen LogP contribution < -0.4 is 15.4 Å². The Balaban J connectivity index is 1.83. The summed E-state index contributed by atoms with van der Waals surface area (Å²) in [6.07, 6.45) is 1.67. The second-order valence-corrected chi connectivity index (χ2v) is 6.09. The molecular weight excluding hydrogens is 328 g/mol. The first-order valence-electron chi connectivity index (χ1n) is 8.90. The molecule has 0 aromatic heterocycles. The monoisotopic (exact) mass is 354 g/mol. The molecule has 5 heteroatoms. The van der Waals surface area contributed by atoms with E-state index in [9.17, 15) is 9.59 Å². The normalized spacial score (nSPS) is 10.3. The molecule has 0 aliphatic rings. The van der Waals surface area contributed by atoms with E-state index in [4.69, 9.17) is 4.74 Å². The Morgan fingerprint density at radius 1 is 0.923 bits per heavy atom. The van der Waals surface area contributed by atoms with Gasteiger partial charge >= 0.3 is 0 Å². The van der Waals surface area contributed by atoms with Gasteiger partial charge in [0.15, 0.2) is 6.61 Å². The van der Waals surface area contributed by atoms with E-state index < -0.39 is 0 Å². The van der Waals surface area contributed by atoms with Crippen LogP contribution in [0.2, 0.25) is 0 Å². The molecule has 0 aliphatic heterocycles. The lowest BCUT2D eigenvalue weighted by atomic mass is 10.0. The minimum atomic E-state index is -0.333. The molecule has 26 heavy (non-hydrogen) atoms. The minimum Gasteiger partial charge on any atom is -0.484 e. The van der Waals surface area contributed by atoms with Crippen molar-refractivity contribution >= 4 is 17.5 Å². The summed E-state index contributed by atoms with van der Waals surface area (Å²) in [6, 6.07) is 13.4. The highest BCUT2D eigenvalue weighted by molar-refractivity contribution is 5.96. The second kappa shape index (κ2) is 9.61. The summed E-state index contributed by atoms with van der Waals surface area (Å²) in [5.74, 6) is 0.0455. The Labute approximate surface area is 154 Å². The van der Waals surface area contributed by atoms with E-state index in [-0.39, 0.29) is 25.0 Å². The van der Waals surface area contributed by atoms with Gasteiger partial charge in [-0.05, 0) is 43.0 Å². The average molecular weight is 354 g/mol. The van der Waals surface area contributed by atoms with Crippen molar-refractivity contribution in [3.05, 3.63) is 59.2 Å². The number of hydrogen-bond acceptors (Lipinski definition) is 3. The maximum absolute atomic E-state index is 12.2. The molecule has 2 aromatic carbocycles. The Morgan fingerprint density at radius 3 is 2.12 bits per heavy atom. The Morgan fingerprint density at radius 2 is 1.54 bits per heavy atom. The van der Waals surface area contributed by atoms with Gasteiger partial charge < -0.3 is 15.4 Å². The molecule has 0 spiro atoms. The van der Waals surface area contributed by atoms with Gasteiger partial charge in [-0.2, -0.15) is 0 Å². The van der Waals surface area contributed by atoms with Crippen LogP contribution in [-0.4, -0.2) is 25.0 Å². The first kappa shape index (κ1) is 19.5. The molecule has 0 heterocycles. The summed E-state index contributed by atoms with van der Waals surface area (Å²) in [7, 11) is 0. The lowest BCUT2D eigenvalue weighted by molar-refractivity contribution is -0.125. The summed E-state index contributed by atoms with van der Waals surface area (Å²) in [5, 5.41) is 5.51. The predicted molar refractivity (Wildman–Crippen MR) is 104 cm³/mol. The standard InChI is InChI=1S/C21H26N2O3/c1-4-16-7-6-8-17(5-2)21(16)23-19(24)13-22-20(25)14-26-18-11-9-15(3)10-12-18/h6-12H,4-5,13-14H2,1-3H3,(H,22,25)(H,23,24). The molecule has 2 rings (SSSR count). The van der Waals surface area contributed by atoms with Gasteiger partial charge in [0.1, 0.15) is 5.75 Å². The van der Waals surface area contributed by atoms with E-state index >= 15 is 0 Å². The van der Waals surface area contributed by atoms with Gasteiger partial charge in [-0.3, -0.25) is 9.59 Å². The topological polar surface area (TPSA) is 67.4 Å². The molecule has 0 bridgehead atoms. The molecule has 2 amide bonds. The molecule has 2 aromatic rings. The van der Waals surface area contributed by atoms with E-state index in [1.54, 1.807) is 0 Å². The number of nitrogens with one attached hydrogen (secondary N) is 2. The van der Waals surface area contributed by atoms with Crippen LogP contribution in [-0.2, 0) is 22.4 Å². The van der Waals surface area contributed by atoms with Gasteiger partial charge in [0.2, 0.25) is 5.91 Å². The number of carbonyl (C=O) groups excluding carboxylic acids is 2. The van der Waals surface area contributed by atoms with E-state index in [0.717, 1.165) is 35.2 Å². The molecule has 0 radical (unpaired) electrons. The summed E-state index contributed by atoms with van der Waals surface area (Å²) in [4.78, 5) is 24.1. The zero-order valence-electron chi connectivity index (χ0n) is 15.6. The highest BCUT2D eigenvalue weighted by Crippen LogP contribution is 2.22. The molecule has 138 valence electrons. The smallest absolute Gasteiger partial charge is 0.258 e. The highest BCUT2D eigenvalue weighted by atomic mass is 16.5. The number of aryl methyl sites for hydroxylation is 3. The van der Waals surface area contributed by atoms with Crippen molar-refractivity contribution in [1.29, 1.82) is 0 Å². The van der Waals surface area contributed by atoms with Crippen molar-refractivity contribution in [3.63, 3.8) is 0 Å².